The van der Waals surface area contributed by atoms with Crippen LogP contribution in [-0.4, -0.2) is 26.2 Å². The highest BCUT2D eigenvalue weighted by molar-refractivity contribution is 5.44. The van der Waals surface area contributed by atoms with Crippen molar-refractivity contribution in [2.75, 3.05) is 26.2 Å². The van der Waals surface area contributed by atoms with E-state index in [2.05, 4.69) is 57.5 Å². The largest absolute Gasteiger partial charge is 0.313 e. The normalized spacial score (nSPS) is 10.0. The summed E-state index contributed by atoms with van der Waals surface area (Å²) in [6.07, 6.45) is 0. The van der Waals surface area contributed by atoms with Gasteiger partial charge in [0.05, 0.1) is 0 Å². The summed E-state index contributed by atoms with van der Waals surface area (Å²) in [4.78, 5) is 5.49. The molecule has 0 saturated carbocycles. The Bertz CT molecular complexity index is 562. The molecule has 1 aromatic rings. The van der Waals surface area contributed by atoms with E-state index in [4.69, 9.17) is 11.1 Å². The smallest absolute Gasteiger partial charge is 0.0383 e. The van der Waals surface area contributed by atoms with Gasteiger partial charge in [-0.05, 0) is 59.7 Å². The Morgan fingerprint density at radius 3 is 1.70 bits per heavy atom. The van der Waals surface area contributed by atoms with E-state index in [9.17, 15) is 0 Å². The molecule has 0 atom stereocenters. The third-order valence-electron chi connectivity index (χ3n) is 3.80. The van der Waals surface area contributed by atoms with Gasteiger partial charge in [-0.3, -0.25) is 0 Å². The van der Waals surface area contributed by atoms with Crippen molar-refractivity contribution in [3.63, 3.8) is 0 Å². The molecule has 1 aromatic carbocycles. The van der Waals surface area contributed by atoms with E-state index in [1.165, 1.54) is 27.8 Å². The van der Waals surface area contributed by atoms with Crippen LogP contribution in [-0.2, 0) is 13.1 Å². The third kappa shape index (κ3) is 6.18. The predicted molar refractivity (Wildman–Crippen MR) is 92.1 cm³/mol. The van der Waals surface area contributed by atoms with Gasteiger partial charge in [0.1, 0.15) is 0 Å². The van der Waals surface area contributed by atoms with Crippen LogP contribution in [0.15, 0.2) is 16.3 Å². The third-order valence-corrected chi connectivity index (χ3v) is 3.80. The van der Waals surface area contributed by atoms with Crippen LogP contribution in [0.3, 0.4) is 0 Å². The standard InChI is InChI=1S/C15H24N8/c1-11-8-12(2)15(10-19-5-7-21-23-17)13(3)14(11)9-18-4-6-20-22-16/h8,18-19H,4-7,9-10H2,1-3H3. The van der Waals surface area contributed by atoms with Crippen LogP contribution in [0.4, 0.5) is 0 Å². The lowest BCUT2D eigenvalue weighted by Crippen LogP contribution is -2.21. The molecule has 23 heavy (non-hydrogen) atoms. The van der Waals surface area contributed by atoms with Gasteiger partial charge >= 0.3 is 0 Å². The minimum absolute atomic E-state index is 0.453. The quantitative estimate of drug-likeness (QED) is 0.297. The lowest BCUT2D eigenvalue weighted by atomic mass is 9.93. The van der Waals surface area contributed by atoms with Crippen LogP contribution in [0, 0.1) is 20.8 Å². The van der Waals surface area contributed by atoms with Crippen LogP contribution < -0.4 is 10.6 Å². The fourth-order valence-corrected chi connectivity index (χ4v) is 2.59. The number of hydrogen-bond acceptors (Lipinski definition) is 4. The Morgan fingerprint density at radius 2 is 1.30 bits per heavy atom. The highest BCUT2D eigenvalue weighted by Crippen LogP contribution is 2.22. The predicted octanol–water partition coefficient (Wildman–Crippen LogP) is 3.41. The molecule has 2 N–H and O–H groups in total. The molecule has 1 rings (SSSR count). The zero-order valence-electron chi connectivity index (χ0n) is 14.0. The second kappa shape index (κ2) is 10.5. The van der Waals surface area contributed by atoms with Gasteiger partial charge in [-0.1, -0.05) is 16.3 Å². The van der Waals surface area contributed by atoms with Gasteiger partial charge in [0.2, 0.25) is 0 Å². The molecule has 0 saturated heterocycles. The van der Waals surface area contributed by atoms with Crippen molar-refractivity contribution in [1.29, 1.82) is 0 Å². The molecule has 0 radical (unpaired) electrons. The number of benzene rings is 1. The van der Waals surface area contributed by atoms with Crippen molar-refractivity contribution < 1.29 is 0 Å². The van der Waals surface area contributed by atoms with Gasteiger partial charge < -0.3 is 10.6 Å². The number of aryl methyl sites for hydroxylation is 2. The summed E-state index contributed by atoms with van der Waals surface area (Å²) < 4.78 is 0. The Morgan fingerprint density at radius 1 is 0.870 bits per heavy atom. The van der Waals surface area contributed by atoms with E-state index in [-0.39, 0.29) is 0 Å². The Labute approximate surface area is 136 Å². The maximum absolute atomic E-state index is 8.27. The fourth-order valence-electron chi connectivity index (χ4n) is 2.59. The fraction of sp³-hybridized carbons (Fsp3) is 0.600. The monoisotopic (exact) mass is 316 g/mol. The Hall–Kier alpha value is -2.24. The molecule has 8 nitrogen and oxygen atoms in total. The highest BCUT2D eigenvalue weighted by Gasteiger charge is 2.10. The van der Waals surface area contributed by atoms with Gasteiger partial charge in [-0.25, -0.2) is 0 Å². The molecule has 0 spiro atoms. The van der Waals surface area contributed by atoms with Crippen molar-refractivity contribution in [1.82, 2.24) is 10.6 Å². The molecule has 8 heteroatoms. The minimum Gasteiger partial charge on any atom is -0.313 e. The number of hydrogen-bond donors (Lipinski definition) is 2. The lowest BCUT2D eigenvalue weighted by Gasteiger charge is -2.18. The second-order valence-electron chi connectivity index (χ2n) is 5.35. The molecule has 124 valence electrons. The number of nitrogens with one attached hydrogen (secondary N) is 2. The first-order valence-electron chi connectivity index (χ1n) is 7.63. The molecular formula is C15H24N8. The van der Waals surface area contributed by atoms with Crippen LogP contribution in [0.25, 0.3) is 20.9 Å². The highest BCUT2D eigenvalue weighted by atomic mass is 15.1. The molecule has 0 aliphatic heterocycles. The average Bonchev–Trinajstić information content (AvgIpc) is 2.52. The second-order valence-corrected chi connectivity index (χ2v) is 5.35. The molecule has 0 fully saturated rings. The van der Waals surface area contributed by atoms with E-state index >= 15 is 0 Å². The summed E-state index contributed by atoms with van der Waals surface area (Å²) in [5.41, 5.74) is 22.9. The first kappa shape index (κ1) is 18.8. The van der Waals surface area contributed by atoms with E-state index in [1.54, 1.807) is 0 Å². The number of nitrogens with zero attached hydrogens (tertiary/aromatic N) is 6. The molecule has 0 aliphatic carbocycles. The van der Waals surface area contributed by atoms with E-state index < -0.39 is 0 Å². The first-order chi connectivity index (χ1) is 11.1. The number of rotatable bonds is 10. The van der Waals surface area contributed by atoms with E-state index in [0.717, 1.165) is 13.1 Å². The molecule has 0 heterocycles. The van der Waals surface area contributed by atoms with Crippen molar-refractivity contribution in [2.45, 2.75) is 33.9 Å². The molecule has 0 amide bonds. The summed E-state index contributed by atoms with van der Waals surface area (Å²) in [5, 5.41) is 13.7. The van der Waals surface area contributed by atoms with Gasteiger partial charge in [-0.2, -0.15) is 0 Å². The molecule has 0 aromatic heterocycles. The summed E-state index contributed by atoms with van der Waals surface area (Å²) in [6, 6.07) is 2.20. The van der Waals surface area contributed by atoms with E-state index in [1.807, 2.05) is 0 Å². The van der Waals surface area contributed by atoms with Gasteiger partial charge in [-0.15, -0.1) is 0 Å². The lowest BCUT2D eigenvalue weighted by molar-refractivity contribution is 0.673. The maximum atomic E-state index is 8.27. The first-order valence-corrected chi connectivity index (χ1v) is 7.63. The maximum Gasteiger partial charge on any atom is 0.0383 e. The minimum atomic E-state index is 0.453. The summed E-state index contributed by atoms with van der Waals surface area (Å²) >= 11 is 0. The van der Waals surface area contributed by atoms with Crippen LogP contribution in [0.5, 0.6) is 0 Å². The SMILES string of the molecule is Cc1cc(C)c(CNCCN=[N+]=[N-])c(C)c1CNCCN=[N+]=[N-]. The van der Waals surface area contributed by atoms with Gasteiger partial charge in [0.25, 0.3) is 0 Å². The molecule has 0 aliphatic rings. The van der Waals surface area contributed by atoms with Crippen LogP contribution in [0.2, 0.25) is 0 Å². The summed E-state index contributed by atoms with van der Waals surface area (Å²) in [6.45, 7) is 10.1. The average molecular weight is 316 g/mol. The van der Waals surface area contributed by atoms with Crippen LogP contribution >= 0.6 is 0 Å². The molecular weight excluding hydrogens is 292 g/mol. The van der Waals surface area contributed by atoms with Crippen LogP contribution in [0.1, 0.15) is 27.8 Å². The van der Waals surface area contributed by atoms with Crippen molar-refractivity contribution >= 4 is 0 Å². The van der Waals surface area contributed by atoms with E-state index in [0.29, 0.717) is 26.2 Å². The zero-order valence-corrected chi connectivity index (χ0v) is 14.0. The molecule has 0 bridgehead atoms. The van der Waals surface area contributed by atoms with Crippen molar-refractivity contribution in [2.24, 2.45) is 10.2 Å². The number of azide groups is 2. The van der Waals surface area contributed by atoms with Gasteiger partial charge in [0.15, 0.2) is 0 Å². The molecule has 0 unspecified atom stereocenters. The van der Waals surface area contributed by atoms with Crippen molar-refractivity contribution in [3.05, 3.63) is 54.8 Å². The Balaban J connectivity index is 2.72. The van der Waals surface area contributed by atoms with Gasteiger partial charge in [0, 0.05) is 49.1 Å². The van der Waals surface area contributed by atoms with Crippen molar-refractivity contribution in [3.8, 4) is 0 Å². The Kier molecular flexibility index (Phi) is 8.57. The topological polar surface area (TPSA) is 122 Å². The zero-order chi connectivity index (χ0) is 17.1. The summed E-state index contributed by atoms with van der Waals surface area (Å²) in [5.74, 6) is 0. The summed E-state index contributed by atoms with van der Waals surface area (Å²) in [7, 11) is 0.